The van der Waals surface area contributed by atoms with Crippen molar-refractivity contribution in [2.45, 2.75) is 6.92 Å². The van der Waals surface area contributed by atoms with Gasteiger partial charge in [0.05, 0.1) is 4.92 Å². The summed E-state index contributed by atoms with van der Waals surface area (Å²) in [4.78, 5) is 21.0. The molecule has 5 heteroatoms. The van der Waals surface area contributed by atoms with Crippen LogP contribution in [0.5, 0.6) is 5.75 Å². The molecule has 2 rings (SSSR count). The van der Waals surface area contributed by atoms with E-state index in [0.717, 1.165) is 11.1 Å². The number of Topliss-reactive ketones (excluding diaryl/α,β-unsaturated/α-hetero) is 1. The number of carbonyl (C=O) groups is 1. The Bertz CT molecular complexity index is 617. The van der Waals surface area contributed by atoms with Gasteiger partial charge in [-0.3, -0.25) is 14.9 Å². The van der Waals surface area contributed by atoms with E-state index in [-0.39, 0.29) is 18.1 Å². The summed E-state index contributed by atoms with van der Waals surface area (Å²) >= 11 is 0. The molecule has 5 nitrogen and oxygen atoms in total. The second kappa shape index (κ2) is 5.97. The molecule has 0 aliphatic rings. The predicted octanol–water partition coefficient (Wildman–Crippen LogP) is 3.23. The Morgan fingerprint density at radius 2 is 1.55 bits per heavy atom. The third-order valence-corrected chi connectivity index (χ3v) is 2.71. The van der Waals surface area contributed by atoms with Gasteiger partial charge >= 0.3 is 0 Å². The molecule has 0 heterocycles. The van der Waals surface area contributed by atoms with Crippen molar-refractivity contribution < 1.29 is 14.5 Å². The van der Waals surface area contributed by atoms with Gasteiger partial charge in [0, 0.05) is 12.1 Å². The molecule has 0 bridgehead atoms. The van der Waals surface area contributed by atoms with Gasteiger partial charge in [0.1, 0.15) is 12.4 Å². The molecule has 0 amide bonds. The predicted molar refractivity (Wildman–Crippen MR) is 74.7 cm³/mol. The smallest absolute Gasteiger partial charge is 0.269 e. The monoisotopic (exact) mass is 271 g/mol. The molecule has 0 radical (unpaired) electrons. The van der Waals surface area contributed by atoms with Crippen LogP contribution < -0.4 is 4.74 Å². The fourth-order valence-corrected chi connectivity index (χ4v) is 1.70. The molecule has 0 aliphatic heterocycles. The van der Waals surface area contributed by atoms with E-state index in [1.165, 1.54) is 19.1 Å². The molecule has 2 aromatic rings. The quantitative estimate of drug-likeness (QED) is 0.618. The zero-order valence-electron chi connectivity index (χ0n) is 10.9. The van der Waals surface area contributed by atoms with Crippen molar-refractivity contribution in [2.24, 2.45) is 0 Å². The number of nitro groups is 1. The normalized spacial score (nSPS) is 10.1. The molecule has 0 spiro atoms. The first-order valence-electron chi connectivity index (χ1n) is 6.03. The Kier molecular flexibility index (Phi) is 4.10. The third kappa shape index (κ3) is 3.41. The maximum atomic E-state index is 10.8. The van der Waals surface area contributed by atoms with Crippen molar-refractivity contribution >= 4 is 11.5 Å². The minimum atomic E-state index is -0.428. The van der Waals surface area contributed by atoms with E-state index >= 15 is 0 Å². The number of non-ortho nitro benzene ring substituents is 1. The van der Waals surface area contributed by atoms with Crippen LogP contribution in [-0.2, 0) is 4.79 Å². The van der Waals surface area contributed by atoms with Crippen LogP contribution in [0.15, 0.2) is 48.5 Å². The lowest BCUT2D eigenvalue weighted by Crippen LogP contribution is -2.06. The van der Waals surface area contributed by atoms with Gasteiger partial charge in [0.15, 0.2) is 5.78 Å². The van der Waals surface area contributed by atoms with Crippen LogP contribution >= 0.6 is 0 Å². The molecule has 0 aliphatic carbocycles. The zero-order chi connectivity index (χ0) is 14.5. The summed E-state index contributed by atoms with van der Waals surface area (Å²) in [5, 5.41) is 10.6. The SMILES string of the molecule is CC(=O)COc1ccc(-c2ccc([N+](=O)[O-])cc2)cc1. The summed E-state index contributed by atoms with van der Waals surface area (Å²) in [5.74, 6) is 0.579. The van der Waals surface area contributed by atoms with Crippen molar-refractivity contribution in [1.29, 1.82) is 0 Å². The number of nitrogens with zero attached hydrogens (tertiary/aromatic N) is 1. The van der Waals surface area contributed by atoms with Crippen LogP contribution in [-0.4, -0.2) is 17.3 Å². The zero-order valence-corrected chi connectivity index (χ0v) is 10.9. The first-order valence-corrected chi connectivity index (χ1v) is 6.03. The minimum Gasteiger partial charge on any atom is -0.486 e. The molecule has 0 fully saturated rings. The highest BCUT2D eigenvalue weighted by Crippen LogP contribution is 2.24. The number of benzene rings is 2. The number of ketones is 1. The topological polar surface area (TPSA) is 69.4 Å². The van der Waals surface area contributed by atoms with Crippen LogP contribution in [0.1, 0.15) is 6.92 Å². The lowest BCUT2D eigenvalue weighted by atomic mass is 10.1. The Hall–Kier alpha value is -2.69. The van der Waals surface area contributed by atoms with E-state index < -0.39 is 4.92 Å². The van der Waals surface area contributed by atoms with Gasteiger partial charge < -0.3 is 4.74 Å². The van der Waals surface area contributed by atoms with Gasteiger partial charge in [0.25, 0.3) is 5.69 Å². The van der Waals surface area contributed by atoms with Crippen molar-refractivity contribution in [2.75, 3.05) is 6.61 Å². The minimum absolute atomic E-state index is 0.0376. The molecular weight excluding hydrogens is 258 g/mol. The van der Waals surface area contributed by atoms with E-state index in [2.05, 4.69) is 0 Å². The van der Waals surface area contributed by atoms with Crippen molar-refractivity contribution in [3.8, 4) is 16.9 Å². The number of hydrogen-bond acceptors (Lipinski definition) is 4. The van der Waals surface area contributed by atoms with E-state index in [4.69, 9.17) is 4.74 Å². The second-order valence-electron chi connectivity index (χ2n) is 4.32. The Labute approximate surface area is 116 Å². The summed E-state index contributed by atoms with van der Waals surface area (Å²) in [6.45, 7) is 1.52. The van der Waals surface area contributed by atoms with E-state index in [0.29, 0.717) is 5.75 Å². The Morgan fingerprint density at radius 1 is 1.05 bits per heavy atom. The van der Waals surface area contributed by atoms with Crippen molar-refractivity contribution in [3.05, 3.63) is 58.6 Å². The summed E-state index contributed by atoms with van der Waals surface area (Å²) in [6.07, 6.45) is 0. The van der Waals surface area contributed by atoms with Gasteiger partial charge in [-0.1, -0.05) is 12.1 Å². The number of carbonyl (C=O) groups excluding carboxylic acids is 1. The first-order chi connectivity index (χ1) is 9.56. The van der Waals surface area contributed by atoms with Gasteiger partial charge in [0.2, 0.25) is 0 Å². The number of rotatable bonds is 5. The second-order valence-corrected chi connectivity index (χ2v) is 4.32. The van der Waals surface area contributed by atoms with E-state index in [9.17, 15) is 14.9 Å². The highest BCUT2D eigenvalue weighted by atomic mass is 16.6. The summed E-state index contributed by atoms with van der Waals surface area (Å²) < 4.78 is 5.27. The van der Waals surface area contributed by atoms with Crippen molar-refractivity contribution in [1.82, 2.24) is 0 Å². The molecule has 102 valence electrons. The highest BCUT2D eigenvalue weighted by molar-refractivity contribution is 5.77. The molecule has 0 N–H and O–H groups in total. The molecule has 0 unspecified atom stereocenters. The van der Waals surface area contributed by atoms with Gasteiger partial charge in [-0.05, 0) is 42.3 Å². The Balaban J connectivity index is 2.13. The average Bonchev–Trinajstić information content (AvgIpc) is 2.46. The molecule has 2 aromatic carbocycles. The third-order valence-electron chi connectivity index (χ3n) is 2.71. The van der Waals surface area contributed by atoms with Crippen LogP contribution in [0.4, 0.5) is 5.69 Å². The van der Waals surface area contributed by atoms with Gasteiger partial charge in [-0.2, -0.15) is 0 Å². The van der Waals surface area contributed by atoms with Crippen LogP contribution in [0, 0.1) is 10.1 Å². The fourth-order valence-electron chi connectivity index (χ4n) is 1.70. The summed E-state index contributed by atoms with van der Waals surface area (Å²) in [6, 6.07) is 13.5. The first kappa shape index (κ1) is 13.7. The lowest BCUT2D eigenvalue weighted by Gasteiger charge is -2.05. The standard InChI is InChI=1S/C15H13NO4/c1-11(17)10-20-15-8-4-13(5-9-15)12-2-6-14(7-3-12)16(18)19/h2-9H,10H2,1H3. The summed E-state index contributed by atoms with van der Waals surface area (Å²) in [5.41, 5.74) is 1.87. The van der Waals surface area contributed by atoms with E-state index in [1.807, 2.05) is 12.1 Å². The lowest BCUT2D eigenvalue weighted by molar-refractivity contribution is -0.384. The van der Waals surface area contributed by atoms with E-state index in [1.54, 1.807) is 24.3 Å². The fraction of sp³-hybridized carbons (Fsp3) is 0.133. The molecule has 0 atom stereocenters. The molecule has 0 saturated carbocycles. The maximum Gasteiger partial charge on any atom is 0.269 e. The van der Waals surface area contributed by atoms with Crippen molar-refractivity contribution in [3.63, 3.8) is 0 Å². The number of nitro benzene ring substituents is 1. The van der Waals surface area contributed by atoms with Crippen LogP contribution in [0.25, 0.3) is 11.1 Å². The van der Waals surface area contributed by atoms with Gasteiger partial charge in [-0.15, -0.1) is 0 Å². The molecule has 0 saturated heterocycles. The molecule has 20 heavy (non-hydrogen) atoms. The van der Waals surface area contributed by atoms with Crippen LogP contribution in [0.2, 0.25) is 0 Å². The highest BCUT2D eigenvalue weighted by Gasteiger charge is 2.05. The molecular formula is C15H13NO4. The maximum absolute atomic E-state index is 10.8. The summed E-state index contributed by atoms with van der Waals surface area (Å²) in [7, 11) is 0. The Morgan fingerprint density at radius 3 is 2.00 bits per heavy atom. The largest absolute Gasteiger partial charge is 0.486 e. The number of hydrogen-bond donors (Lipinski definition) is 0. The van der Waals surface area contributed by atoms with Gasteiger partial charge in [-0.25, -0.2) is 0 Å². The average molecular weight is 271 g/mol. The number of ether oxygens (including phenoxy) is 1. The van der Waals surface area contributed by atoms with Crippen LogP contribution in [0.3, 0.4) is 0 Å². The molecule has 0 aromatic heterocycles.